The molecule has 0 spiro atoms. The normalized spacial score (nSPS) is 11.3. The highest BCUT2D eigenvalue weighted by Gasteiger charge is 2.12. The predicted molar refractivity (Wildman–Crippen MR) is 210 cm³/mol. The molecule has 4 aromatic rings. The van der Waals surface area contributed by atoms with E-state index in [4.69, 9.17) is 36.6 Å². The van der Waals surface area contributed by atoms with Gasteiger partial charge in [-0.25, -0.2) is 9.59 Å². The van der Waals surface area contributed by atoms with E-state index in [9.17, 15) is 19.2 Å². The summed E-state index contributed by atoms with van der Waals surface area (Å²) in [6.07, 6.45) is 14.2. The Morgan fingerprint density at radius 2 is 0.862 bits per heavy atom. The van der Waals surface area contributed by atoms with Gasteiger partial charge in [-0.15, -0.1) is 0 Å². The molecule has 0 bridgehead atoms. The number of rotatable bonds is 30. The molecular formula is C42H56N4O12. The number of carbonyl (C=O) groups excluding carboxylic acids is 4. The maximum absolute atomic E-state index is 12.3. The first-order valence-corrected chi connectivity index (χ1v) is 19.7. The van der Waals surface area contributed by atoms with Crippen LogP contribution in [0.25, 0.3) is 0 Å². The Hall–Kier alpha value is -5.74. The lowest BCUT2D eigenvalue weighted by Gasteiger charge is -2.22. The third kappa shape index (κ3) is 20.4. The minimum Gasteiger partial charge on any atom is -0.469 e. The molecule has 0 aromatic carbocycles. The number of alkyl carbamates (subject to hydrolysis) is 2. The summed E-state index contributed by atoms with van der Waals surface area (Å²) >= 11 is 0. The average molecular weight is 809 g/mol. The maximum Gasteiger partial charge on any atom is 0.407 e. The van der Waals surface area contributed by atoms with E-state index in [1.165, 1.54) is 12.5 Å². The van der Waals surface area contributed by atoms with E-state index in [-0.39, 0.29) is 64.3 Å². The van der Waals surface area contributed by atoms with Crippen molar-refractivity contribution in [1.82, 2.24) is 20.4 Å². The summed E-state index contributed by atoms with van der Waals surface area (Å²) in [5, 5.41) is 5.32. The monoisotopic (exact) mass is 808 g/mol. The highest BCUT2D eigenvalue weighted by Crippen LogP contribution is 2.07. The Balaban J connectivity index is 1.13. The Morgan fingerprint density at radius 3 is 1.22 bits per heavy atom. The lowest BCUT2D eigenvalue weighted by atomic mass is 10.2. The van der Waals surface area contributed by atoms with E-state index in [0.717, 1.165) is 50.3 Å². The van der Waals surface area contributed by atoms with Crippen molar-refractivity contribution in [2.75, 3.05) is 65.7 Å². The van der Waals surface area contributed by atoms with Gasteiger partial charge >= 0.3 is 24.1 Å². The van der Waals surface area contributed by atoms with E-state index >= 15 is 0 Å². The number of amides is 2. The molecule has 0 fully saturated rings. The zero-order chi connectivity index (χ0) is 40.9. The lowest BCUT2D eigenvalue weighted by molar-refractivity contribution is -0.145. The van der Waals surface area contributed by atoms with Gasteiger partial charge in [0.2, 0.25) is 0 Å². The summed E-state index contributed by atoms with van der Waals surface area (Å²) in [5.41, 5.74) is 0. The quantitative estimate of drug-likeness (QED) is 0.0259. The van der Waals surface area contributed by atoms with Crippen LogP contribution in [0, 0.1) is 0 Å². The van der Waals surface area contributed by atoms with Crippen LogP contribution < -0.4 is 10.6 Å². The first-order chi connectivity index (χ1) is 28.4. The van der Waals surface area contributed by atoms with Gasteiger partial charge in [-0.05, 0) is 87.3 Å². The number of carbonyl (C=O) groups is 4. The van der Waals surface area contributed by atoms with Crippen LogP contribution in [0.15, 0.2) is 103 Å². The number of aryl methyl sites for hydroxylation is 2. The summed E-state index contributed by atoms with van der Waals surface area (Å²) < 4.78 is 42.7. The van der Waals surface area contributed by atoms with Crippen LogP contribution in [-0.4, -0.2) is 99.6 Å². The SMILES string of the molecule is O=C(CCc1ccco1)OCCN(CCC/C=C\CCCN(CCOC(=O)CCc1ccco1)CCOC(=O)NCc1ccco1)CCOC(=O)NCc1ccco1. The number of nitrogens with zero attached hydrogens (tertiary/aromatic N) is 2. The predicted octanol–water partition coefficient (Wildman–Crippen LogP) is 6.28. The molecule has 0 aliphatic heterocycles. The van der Waals surface area contributed by atoms with Crippen LogP contribution in [0.1, 0.15) is 61.6 Å². The van der Waals surface area contributed by atoms with Crippen molar-refractivity contribution < 1.29 is 55.8 Å². The summed E-state index contributed by atoms with van der Waals surface area (Å²) in [7, 11) is 0. The van der Waals surface area contributed by atoms with Crippen molar-refractivity contribution in [1.29, 1.82) is 0 Å². The number of hydrogen-bond acceptors (Lipinski definition) is 14. The highest BCUT2D eigenvalue weighted by atomic mass is 16.6. The number of hydrogen-bond donors (Lipinski definition) is 2. The fourth-order valence-corrected chi connectivity index (χ4v) is 5.64. The van der Waals surface area contributed by atoms with Gasteiger partial charge in [0.25, 0.3) is 0 Å². The van der Waals surface area contributed by atoms with Crippen LogP contribution in [0.4, 0.5) is 9.59 Å². The van der Waals surface area contributed by atoms with E-state index in [0.29, 0.717) is 50.5 Å². The van der Waals surface area contributed by atoms with Gasteiger partial charge in [0.1, 0.15) is 49.5 Å². The van der Waals surface area contributed by atoms with E-state index in [2.05, 4.69) is 32.6 Å². The summed E-state index contributed by atoms with van der Waals surface area (Å²) in [5.74, 6) is 2.12. The Bertz CT molecular complexity index is 1450. The molecule has 0 radical (unpaired) electrons. The zero-order valence-corrected chi connectivity index (χ0v) is 33.0. The largest absolute Gasteiger partial charge is 0.469 e. The molecule has 16 heteroatoms. The third-order valence-electron chi connectivity index (χ3n) is 8.76. The van der Waals surface area contributed by atoms with Gasteiger partial charge in [-0.3, -0.25) is 19.4 Å². The Kier molecular flexibility index (Phi) is 21.5. The molecule has 4 aromatic heterocycles. The minimum atomic E-state index is -0.538. The number of esters is 2. The van der Waals surface area contributed by atoms with Gasteiger partial charge in [-0.2, -0.15) is 0 Å². The topological polar surface area (TPSA) is 188 Å². The van der Waals surface area contributed by atoms with Crippen LogP contribution in [0.2, 0.25) is 0 Å². The van der Waals surface area contributed by atoms with E-state index in [1.54, 1.807) is 48.9 Å². The molecule has 58 heavy (non-hydrogen) atoms. The van der Waals surface area contributed by atoms with Crippen LogP contribution in [0.5, 0.6) is 0 Å². The van der Waals surface area contributed by atoms with Crippen molar-refractivity contribution in [3.63, 3.8) is 0 Å². The zero-order valence-electron chi connectivity index (χ0n) is 33.0. The van der Waals surface area contributed by atoms with E-state index < -0.39 is 12.2 Å². The molecule has 2 N–H and O–H groups in total. The van der Waals surface area contributed by atoms with Crippen LogP contribution in [0.3, 0.4) is 0 Å². The fourth-order valence-electron chi connectivity index (χ4n) is 5.64. The first-order valence-electron chi connectivity index (χ1n) is 19.7. The van der Waals surface area contributed by atoms with Gasteiger partial charge in [0.05, 0.1) is 51.0 Å². The Morgan fingerprint density at radius 1 is 0.500 bits per heavy atom. The number of unbranched alkanes of at least 4 members (excludes halogenated alkanes) is 2. The van der Waals surface area contributed by atoms with Crippen molar-refractivity contribution in [3.05, 3.63) is 109 Å². The second kappa shape index (κ2) is 27.8. The highest BCUT2D eigenvalue weighted by molar-refractivity contribution is 5.70. The van der Waals surface area contributed by atoms with Crippen LogP contribution >= 0.6 is 0 Å². The molecule has 0 saturated heterocycles. The molecule has 0 aliphatic rings. The van der Waals surface area contributed by atoms with Crippen LogP contribution in [-0.2, 0) is 54.5 Å². The van der Waals surface area contributed by atoms with Gasteiger partial charge in [-0.1, -0.05) is 12.2 Å². The minimum absolute atomic E-state index is 0.174. The first kappa shape index (κ1) is 45.0. The number of ether oxygens (including phenoxy) is 4. The standard InChI is InChI=1S/C42H56N4O12/c47-39(17-15-35-11-7-25-51-35)55-29-21-45(23-31-57-41(49)43-33-37-13-9-27-53-37)19-5-3-1-2-4-6-20-46(22-30-56-40(48)18-16-36-12-8-26-52-36)24-32-58-42(50)44-34-38-14-10-28-54-38/h1-2,7-14,25-28H,3-6,15-24,29-34H2,(H,43,49)(H,44,50)/b2-1-. The number of furan rings is 4. The summed E-state index contributed by atoms with van der Waals surface area (Å²) in [6.45, 7) is 4.65. The molecule has 4 rings (SSSR count). The molecule has 2 amide bonds. The smallest absolute Gasteiger partial charge is 0.407 e. The second-order valence-corrected chi connectivity index (χ2v) is 13.2. The molecule has 0 aliphatic carbocycles. The number of nitrogens with one attached hydrogen (secondary N) is 2. The van der Waals surface area contributed by atoms with E-state index in [1.807, 2.05) is 12.1 Å². The van der Waals surface area contributed by atoms with Gasteiger partial charge in [0, 0.05) is 39.0 Å². The second-order valence-electron chi connectivity index (χ2n) is 13.2. The molecule has 0 unspecified atom stereocenters. The molecule has 0 atom stereocenters. The molecular weight excluding hydrogens is 752 g/mol. The summed E-state index contributed by atoms with van der Waals surface area (Å²) in [6, 6.07) is 14.2. The van der Waals surface area contributed by atoms with Crippen molar-refractivity contribution >= 4 is 24.1 Å². The van der Waals surface area contributed by atoms with Crippen molar-refractivity contribution in [2.45, 2.75) is 64.5 Å². The molecule has 4 heterocycles. The molecule has 16 nitrogen and oxygen atoms in total. The third-order valence-corrected chi connectivity index (χ3v) is 8.76. The average Bonchev–Trinajstić information content (AvgIpc) is 4.08. The Labute approximate surface area is 338 Å². The lowest BCUT2D eigenvalue weighted by Crippen LogP contribution is -2.34. The summed E-state index contributed by atoms with van der Waals surface area (Å²) in [4.78, 5) is 53.1. The molecule has 316 valence electrons. The number of allylic oxidation sites excluding steroid dienone is 2. The van der Waals surface area contributed by atoms with Gasteiger partial charge in [0.15, 0.2) is 0 Å². The van der Waals surface area contributed by atoms with Crippen molar-refractivity contribution in [3.8, 4) is 0 Å². The molecule has 0 saturated carbocycles. The maximum atomic E-state index is 12.3. The fraction of sp³-hybridized carbons (Fsp3) is 0.476. The van der Waals surface area contributed by atoms with Crippen molar-refractivity contribution in [2.24, 2.45) is 0 Å². The van der Waals surface area contributed by atoms with Gasteiger partial charge < -0.3 is 47.2 Å².